The Kier molecular flexibility index (Phi) is 5.89. The molecular formula is C21H18F4N6O. The lowest BCUT2D eigenvalue weighted by atomic mass is 10.2. The number of carbonyl (C=O) groups excluding carboxylic acids is 1. The van der Waals surface area contributed by atoms with Crippen LogP contribution in [0, 0.1) is 5.82 Å². The Morgan fingerprint density at radius 3 is 2.59 bits per heavy atom. The van der Waals surface area contributed by atoms with Gasteiger partial charge in [-0.25, -0.2) is 19.2 Å². The van der Waals surface area contributed by atoms with Gasteiger partial charge in [-0.15, -0.1) is 0 Å². The summed E-state index contributed by atoms with van der Waals surface area (Å²) in [7, 11) is 0. The molecule has 1 aliphatic heterocycles. The van der Waals surface area contributed by atoms with E-state index in [2.05, 4.69) is 25.6 Å². The molecule has 7 nitrogen and oxygen atoms in total. The molecule has 3 aromatic rings. The van der Waals surface area contributed by atoms with Gasteiger partial charge in [-0.3, -0.25) is 4.98 Å². The number of halogens is 4. The molecule has 1 aromatic carbocycles. The Morgan fingerprint density at radius 1 is 1.12 bits per heavy atom. The van der Waals surface area contributed by atoms with E-state index in [1.165, 1.54) is 36.7 Å². The van der Waals surface area contributed by atoms with E-state index in [4.69, 9.17) is 0 Å². The van der Waals surface area contributed by atoms with Crippen molar-refractivity contribution in [3.8, 4) is 11.4 Å². The normalized spacial score (nSPS) is 16.1. The van der Waals surface area contributed by atoms with Crippen molar-refractivity contribution in [2.75, 3.05) is 23.3 Å². The number of anilines is 2. The van der Waals surface area contributed by atoms with E-state index in [0.717, 1.165) is 6.07 Å². The summed E-state index contributed by atoms with van der Waals surface area (Å²) in [6, 6.07) is 8.58. The predicted molar refractivity (Wildman–Crippen MR) is 109 cm³/mol. The largest absolute Gasteiger partial charge is 0.433 e. The molecule has 0 spiro atoms. The number of carbonyl (C=O) groups is 1. The van der Waals surface area contributed by atoms with Crippen molar-refractivity contribution in [1.29, 1.82) is 0 Å². The van der Waals surface area contributed by atoms with Gasteiger partial charge in [0.1, 0.15) is 11.6 Å². The number of aromatic nitrogens is 3. The summed E-state index contributed by atoms with van der Waals surface area (Å²) in [6.07, 6.45) is -1.22. The first-order valence-electron chi connectivity index (χ1n) is 9.72. The molecule has 1 saturated heterocycles. The second-order valence-corrected chi connectivity index (χ2v) is 7.21. The number of alkyl halides is 3. The summed E-state index contributed by atoms with van der Waals surface area (Å²) in [5.74, 6) is -0.376. The van der Waals surface area contributed by atoms with Crippen molar-refractivity contribution < 1.29 is 22.4 Å². The third-order valence-electron chi connectivity index (χ3n) is 4.87. The highest BCUT2D eigenvalue weighted by molar-refractivity contribution is 5.89. The van der Waals surface area contributed by atoms with E-state index >= 15 is 0 Å². The molecule has 1 fully saturated rings. The van der Waals surface area contributed by atoms with Gasteiger partial charge in [0.25, 0.3) is 0 Å². The highest BCUT2D eigenvalue weighted by atomic mass is 19.4. The first-order chi connectivity index (χ1) is 15.3. The fraction of sp³-hybridized carbons (Fsp3) is 0.238. The number of rotatable bonds is 4. The number of urea groups is 1. The number of hydrogen-bond acceptors (Lipinski definition) is 5. The zero-order valence-electron chi connectivity index (χ0n) is 16.6. The van der Waals surface area contributed by atoms with Gasteiger partial charge < -0.3 is 15.5 Å². The maximum atomic E-state index is 13.4. The van der Waals surface area contributed by atoms with Crippen LogP contribution >= 0.6 is 0 Å². The van der Waals surface area contributed by atoms with Crippen molar-refractivity contribution in [2.45, 2.75) is 18.6 Å². The lowest BCUT2D eigenvalue weighted by Gasteiger charge is -2.20. The van der Waals surface area contributed by atoms with E-state index in [0.29, 0.717) is 24.2 Å². The Balaban J connectivity index is 1.48. The standard InChI is InChI=1S/C21H18F4N6O/c22-14-3-5-15(6-4-14)27-20(32)28-16-7-9-31(12-16)18-10-17(21(23,24)25)29-19(30-18)13-2-1-8-26-11-13/h1-6,8,10-11,16H,7,9,12H2,(H2,27,28,32). The molecule has 0 bridgehead atoms. The van der Waals surface area contributed by atoms with Crippen LogP contribution in [0.3, 0.4) is 0 Å². The molecule has 4 rings (SSSR count). The molecule has 166 valence electrons. The summed E-state index contributed by atoms with van der Waals surface area (Å²) < 4.78 is 53.2. The second kappa shape index (κ2) is 8.77. The van der Waals surface area contributed by atoms with Gasteiger partial charge in [0, 0.05) is 48.8 Å². The van der Waals surface area contributed by atoms with Crippen LogP contribution in [0.5, 0.6) is 0 Å². The summed E-state index contributed by atoms with van der Waals surface area (Å²) in [4.78, 5) is 25.7. The number of pyridine rings is 1. The zero-order chi connectivity index (χ0) is 22.7. The van der Waals surface area contributed by atoms with Gasteiger partial charge in [-0.05, 0) is 42.8 Å². The van der Waals surface area contributed by atoms with Gasteiger partial charge in [0.15, 0.2) is 11.5 Å². The van der Waals surface area contributed by atoms with Crippen LogP contribution in [0.15, 0.2) is 54.9 Å². The summed E-state index contributed by atoms with van der Waals surface area (Å²) in [5.41, 5.74) is -0.260. The summed E-state index contributed by atoms with van der Waals surface area (Å²) in [6.45, 7) is 0.680. The van der Waals surface area contributed by atoms with Gasteiger partial charge in [-0.2, -0.15) is 13.2 Å². The smallest absolute Gasteiger partial charge is 0.354 e. The topological polar surface area (TPSA) is 83.0 Å². The molecule has 2 N–H and O–H groups in total. The van der Waals surface area contributed by atoms with Crippen LogP contribution in [0.2, 0.25) is 0 Å². The van der Waals surface area contributed by atoms with E-state index < -0.39 is 23.7 Å². The number of nitrogens with zero attached hydrogens (tertiary/aromatic N) is 4. The molecule has 2 aromatic heterocycles. The van der Waals surface area contributed by atoms with Gasteiger partial charge in [-0.1, -0.05) is 0 Å². The van der Waals surface area contributed by atoms with Crippen molar-refractivity contribution in [3.05, 3.63) is 66.4 Å². The van der Waals surface area contributed by atoms with Gasteiger partial charge >= 0.3 is 12.2 Å². The molecule has 3 heterocycles. The lowest BCUT2D eigenvalue weighted by Crippen LogP contribution is -2.39. The minimum absolute atomic E-state index is 0.0756. The van der Waals surface area contributed by atoms with Crippen LogP contribution in [0.1, 0.15) is 12.1 Å². The van der Waals surface area contributed by atoms with Gasteiger partial charge in [0.2, 0.25) is 0 Å². The second-order valence-electron chi connectivity index (χ2n) is 7.21. The Labute approximate surface area is 180 Å². The van der Waals surface area contributed by atoms with E-state index in [-0.39, 0.29) is 24.2 Å². The first-order valence-corrected chi connectivity index (χ1v) is 9.72. The molecular weight excluding hydrogens is 428 g/mol. The molecule has 0 saturated carbocycles. The van der Waals surface area contributed by atoms with Crippen molar-refractivity contribution in [2.24, 2.45) is 0 Å². The van der Waals surface area contributed by atoms with Gasteiger partial charge in [0.05, 0.1) is 0 Å². The van der Waals surface area contributed by atoms with Crippen LogP contribution in [-0.4, -0.2) is 40.1 Å². The van der Waals surface area contributed by atoms with E-state index in [1.807, 2.05) is 0 Å². The molecule has 32 heavy (non-hydrogen) atoms. The first kappa shape index (κ1) is 21.5. The Bertz CT molecular complexity index is 1090. The minimum Gasteiger partial charge on any atom is -0.354 e. The number of amides is 2. The monoisotopic (exact) mass is 446 g/mol. The van der Waals surface area contributed by atoms with E-state index in [1.54, 1.807) is 17.0 Å². The number of nitrogens with one attached hydrogen (secondary N) is 2. The maximum Gasteiger partial charge on any atom is 0.433 e. The van der Waals surface area contributed by atoms with Crippen LogP contribution in [0.25, 0.3) is 11.4 Å². The highest BCUT2D eigenvalue weighted by Gasteiger charge is 2.35. The quantitative estimate of drug-likeness (QED) is 0.590. The fourth-order valence-electron chi connectivity index (χ4n) is 3.34. The molecule has 11 heteroatoms. The average molecular weight is 446 g/mol. The zero-order valence-corrected chi connectivity index (χ0v) is 16.6. The van der Waals surface area contributed by atoms with Crippen molar-refractivity contribution in [3.63, 3.8) is 0 Å². The molecule has 1 atom stereocenters. The Hall–Kier alpha value is -3.76. The third-order valence-corrected chi connectivity index (χ3v) is 4.87. The SMILES string of the molecule is O=C(Nc1ccc(F)cc1)NC1CCN(c2cc(C(F)(F)F)nc(-c3cccnc3)n2)C1. The third kappa shape index (κ3) is 5.10. The predicted octanol–water partition coefficient (Wildman–Crippen LogP) is 4.10. The average Bonchev–Trinajstić information content (AvgIpc) is 3.23. The Morgan fingerprint density at radius 2 is 1.91 bits per heavy atom. The molecule has 0 radical (unpaired) electrons. The van der Waals surface area contributed by atoms with Crippen molar-refractivity contribution in [1.82, 2.24) is 20.3 Å². The number of hydrogen-bond donors (Lipinski definition) is 2. The number of benzene rings is 1. The lowest BCUT2D eigenvalue weighted by molar-refractivity contribution is -0.141. The molecule has 1 aliphatic rings. The molecule has 1 unspecified atom stereocenters. The maximum absolute atomic E-state index is 13.4. The summed E-state index contributed by atoms with van der Waals surface area (Å²) >= 11 is 0. The van der Waals surface area contributed by atoms with Crippen LogP contribution in [0.4, 0.5) is 33.9 Å². The minimum atomic E-state index is -4.64. The van der Waals surface area contributed by atoms with Crippen LogP contribution < -0.4 is 15.5 Å². The van der Waals surface area contributed by atoms with Crippen molar-refractivity contribution >= 4 is 17.5 Å². The van der Waals surface area contributed by atoms with E-state index in [9.17, 15) is 22.4 Å². The molecule has 0 aliphatic carbocycles. The molecule has 2 amide bonds. The summed E-state index contributed by atoms with van der Waals surface area (Å²) in [5, 5.41) is 5.37. The highest BCUT2D eigenvalue weighted by Crippen LogP contribution is 2.32. The van der Waals surface area contributed by atoms with Crippen LogP contribution in [-0.2, 0) is 6.18 Å². The fourth-order valence-corrected chi connectivity index (χ4v) is 3.34.